The molecule has 2 heterocycles. The van der Waals surface area contributed by atoms with Crippen LogP contribution in [0.2, 0.25) is 5.02 Å². The zero-order valence-corrected chi connectivity index (χ0v) is 10.2. The van der Waals surface area contributed by atoms with Gasteiger partial charge in [-0.2, -0.15) is 0 Å². The van der Waals surface area contributed by atoms with Crippen molar-refractivity contribution in [3.8, 4) is 0 Å². The molecule has 1 aromatic heterocycles. The van der Waals surface area contributed by atoms with E-state index in [-0.39, 0.29) is 0 Å². The van der Waals surface area contributed by atoms with E-state index in [2.05, 4.69) is 20.5 Å². The van der Waals surface area contributed by atoms with Gasteiger partial charge in [0.2, 0.25) is 0 Å². The van der Waals surface area contributed by atoms with Gasteiger partial charge in [0.15, 0.2) is 0 Å². The van der Waals surface area contributed by atoms with Crippen LogP contribution in [-0.4, -0.2) is 43.1 Å². The van der Waals surface area contributed by atoms with Crippen LogP contribution in [0.3, 0.4) is 0 Å². The summed E-state index contributed by atoms with van der Waals surface area (Å²) < 4.78 is 0. The Morgan fingerprint density at radius 3 is 2.88 bits per heavy atom. The number of hydrogen-bond donors (Lipinski definition) is 2. The predicted molar refractivity (Wildman–Crippen MR) is 66.9 cm³/mol. The highest BCUT2D eigenvalue weighted by atomic mass is 35.5. The average molecular weight is 241 g/mol. The summed E-state index contributed by atoms with van der Waals surface area (Å²) in [6.45, 7) is 5.03. The van der Waals surface area contributed by atoms with E-state index in [0.717, 1.165) is 49.3 Å². The van der Waals surface area contributed by atoms with Gasteiger partial charge in [0.05, 0.1) is 10.7 Å². The van der Waals surface area contributed by atoms with E-state index in [0.29, 0.717) is 0 Å². The maximum absolute atomic E-state index is 6.14. The van der Waals surface area contributed by atoms with Crippen molar-refractivity contribution in [2.45, 2.75) is 6.54 Å². The first-order chi connectivity index (χ1) is 7.79. The van der Waals surface area contributed by atoms with E-state index in [4.69, 9.17) is 11.6 Å². The summed E-state index contributed by atoms with van der Waals surface area (Å²) in [7, 11) is 1.87. The van der Waals surface area contributed by atoms with Crippen molar-refractivity contribution in [3.63, 3.8) is 0 Å². The minimum absolute atomic E-state index is 0.748. The maximum atomic E-state index is 6.14. The van der Waals surface area contributed by atoms with Crippen molar-refractivity contribution in [1.82, 2.24) is 15.2 Å². The lowest BCUT2D eigenvalue weighted by atomic mass is 10.3. The smallest absolute Gasteiger partial charge is 0.126 e. The number of piperazine rings is 1. The van der Waals surface area contributed by atoms with Gasteiger partial charge in [-0.1, -0.05) is 11.6 Å². The number of rotatable bonds is 3. The molecule has 0 amide bonds. The van der Waals surface area contributed by atoms with Crippen molar-refractivity contribution in [3.05, 3.63) is 22.8 Å². The number of halogens is 1. The van der Waals surface area contributed by atoms with E-state index >= 15 is 0 Å². The van der Waals surface area contributed by atoms with Crippen LogP contribution in [0.25, 0.3) is 0 Å². The molecule has 0 unspecified atom stereocenters. The molecule has 5 heteroatoms. The van der Waals surface area contributed by atoms with Gasteiger partial charge < -0.3 is 10.6 Å². The molecular weight excluding hydrogens is 224 g/mol. The highest BCUT2D eigenvalue weighted by Gasteiger charge is 2.12. The molecule has 1 fully saturated rings. The Balaban J connectivity index is 2.06. The van der Waals surface area contributed by atoms with E-state index in [9.17, 15) is 0 Å². The molecule has 0 aromatic carbocycles. The molecule has 2 rings (SSSR count). The minimum atomic E-state index is 0.748. The van der Waals surface area contributed by atoms with Gasteiger partial charge in [0, 0.05) is 39.8 Å². The minimum Gasteiger partial charge on any atom is -0.373 e. The highest BCUT2D eigenvalue weighted by molar-refractivity contribution is 6.31. The van der Waals surface area contributed by atoms with Crippen LogP contribution in [-0.2, 0) is 6.54 Å². The maximum Gasteiger partial charge on any atom is 0.126 e. The monoisotopic (exact) mass is 240 g/mol. The summed E-state index contributed by atoms with van der Waals surface area (Å²) in [5.74, 6) is 0.870. The molecule has 0 bridgehead atoms. The molecule has 0 spiro atoms. The van der Waals surface area contributed by atoms with Crippen LogP contribution in [0.15, 0.2) is 12.1 Å². The average Bonchev–Trinajstić information content (AvgIpc) is 2.33. The summed E-state index contributed by atoms with van der Waals surface area (Å²) in [6, 6.07) is 3.79. The second kappa shape index (κ2) is 5.48. The summed E-state index contributed by atoms with van der Waals surface area (Å²) in [5, 5.41) is 7.11. The van der Waals surface area contributed by atoms with Gasteiger partial charge in [0.25, 0.3) is 0 Å². The van der Waals surface area contributed by atoms with Crippen LogP contribution in [0, 0.1) is 0 Å². The fraction of sp³-hybridized carbons (Fsp3) is 0.545. The van der Waals surface area contributed by atoms with Crippen LogP contribution in [0.4, 0.5) is 5.82 Å². The standard InChI is InChI=1S/C11H17ClN4/c1-13-11-3-2-9(12)10(15-11)8-16-6-4-14-5-7-16/h2-3,14H,4-8H2,1H3,(H,13,15). The Labute approximate surface area is 101 Å². The topological polar surface area (TPSA) is 40.2 Å². The zero-order valence-electron chi connectivity index (χ0n) is 9.46. The molecule has 0 radical (unpaired) electrons. The first-order valence-corrected chi connectivity index (χ1v) is 5.93. The van der Waals surface area contributed by atoms with Gasteiger partial charge in [-0.3, -0.25) is 4.90 Å². The molecular formula is C11H17ClN4. The van der Waals surface area contributed by atoms with E-state index in [1.807, 2.05) is 19.2 Å². The van der Waals surface area contributed by atoms with Crippen molar-refractivity contribution in [2.24, 2.45) is 0 Å². The highest BCUT2D eigenvalue weighted by Crippen LogP contribution is 2.18. The van der Waals surface area contributed by atoms with Gasteiger partial charge >= 0.3 is 0 Å². The summed E-state index contributed by atoms with van der Waals surface area (Å²) >= 11 is 6.14. The molecule has 0 aliphatic carbocycles. The summed E-state index contributed by atoms with van der Waals surface area (Å²) in [5.41, 5.74) is 0.954. The SMILES string of the molecule is CNc1ccc(Cl)c(CN2CCNCC2)n1. The zero-order chi connectivity index (χ0) is 11.4. The first-order valence-electron chi connectivity index (χ1n) is 5.56. The van der Waals surface area contributed by atoms with Crippen molar-refractivity contribution < 1.29 is 0 Å². The lowest BCUT2D eigenvalue weighted by Gasteiger charge is -2.27. The third-order valence-electron chi connectivity index (χ3n) is 2.76. The molecule has 16 heavy (non-hydrogen) atoms. The number of hydrogen-bond acceptors (Lipinski definition) is 4. The Hall–Kier alpha value is -0.840. The van der Waals surface area contributed by atoms with Crippen molar-refractivity contribution >= 4 is 17.4 Å². The molecule has 0 saturated carbocycles. The Kier molecular flexibility index (Phi) is 3.98. The fourth-order valence-corrected chi connectivity index (χ4v) is 1.98. The summed E-state index contributed by atoms with van der Waals surface area (Å²) in [6.07, 6.45) is 0. The number of nitrogens with one attached hydrogen (secondary N) is 2. The second-order valence-corrected chi connectivity index (χ2v) is 4.31. The van der Waals surface area contributed by atoms with Crippen LogP contribution in [0.1, 0.15) is 5.69 Å². The molecule has 1 saturated heterocycles. The number of anilines is 1. The molecule has 1 aliphatic rings. The third-order valence-corrected chi connectivity index (χ3v) is 3.10. The second-order valence-electron chi connectivity index (χ2n) is 3.90. The van der Waals surface area contributed by atoms with Gasteiger partial charge in [-0.05, 0) is 12.1 Å². The Morgan fingerprint density at radius 1 is 1.44 bits per heavy atom. The third kappa shape index (κ3) is 2.84. The molecule has 2 N–H and O–H groups in total. The fourth-order valence-electron chi connectivity index (χ4n) is 1.82. The number of aromatic nitrogens is 1. The predicted octanol–water partition coefficient (Wildman–Crippen LogP) is 1.18. The van der Waals surface area contributed by atoms with E-state index < -0.39 is 0 Å². The first kappa shape index (κ1) is 11.6. The van der Waals surface area contributed by atoms with E-state index in [1.54, 1.807) is 0 Å². The van der Waals surface area contributed by atoms with Crippen molar-refractivity contribution in [2.75, 3.05) is 38.5 Å². The normalized spacial score (nSPS) is 17.4. The largest absolute Gasteiger partial charge is 0.373 e. The molecule has 1 aromatic rings. The van der Waals surface area contributed by atoms with Crippen LogP contribution >= 0.6 is 11.6 Å². The summed E-state index contributed by atoms with van der Waals surface area (Å²) in [4.78, 5) is 6.84. The van der Waals surface area contributed by atoms with Crippen LogP contribution in [0.5, 0.6) is 0 Å². The lowest BCUT2D eigenvalue weighted by Crippen LogP contribution is -2.43. The Bertz CT molecular complexity index is 350. The lowest BCUT2D eigenvalue weighted by molar-refractivity contribution is 0.231. The number of nitrogens with zero attached hydrogens (tertiary/aromatic N) is 2. The van der Waals surface area contributed by atoms with Gasteiger partial charge in [-0.25, -0.2) is 4.98 Å². The molecule has 0 atom stereocenters. The van der Waals surface area contributed by atoms with Gasteiger partial charge in [-0.15, -0.1) is 0 Å². The quantitative estimate of drug-likeness (QED) is 0.833. The van der Waals surface area contributed by atoms with Crippen LogP contribution < -0.4 is 10.6 Å². The molecule has 1 aliphatic heterocycles. The van der Waals surface area contributed by atoms with Crippen molar-refractivity contribution in [1.29, 1.82) is 0 Å². The molecule has 88 valence electrons. The van der Waals surface area contributed by atoms with Gasteiger partial charge in [0.1, 0.15) is 5.82 Å². The molecule has 4 nitrogen and oxygen atoms in total. The Morgan fingerprint density at radius 2 is 2.19 bits per heavy atom. The van der Waals surface area contributed by atoms with E-state index in [1.165, 1.54) is 0 Å². The number of pyridine rings is 1.